The molecule has 2 saturated carbocycles. The number of nitrogens with zero attached hydrogens (tertiary/aromatic N) is 3. The molecule has 4 atom stereocenters. The van der Waals surface area contributed by atoms with E-state index in [-0.39, 0.29) is 0 Å². The Morgan fingerprint density at radius 1 is 1.04 bits per heavy atom. The third-order valence-corrected chi connectivity index (χ3v) is 13.6. The van der Waals surface area contributed by atoms with Crippen LogP contribution in [-0.4, -0.2) is 49.8 Å². The molecular formula is C23H41N3Si. The van der Waals surface area contributed by atoms with Crippen LogP contribution in [0, 0.1) is 11.8 Å². The first-order valence-corrected chi connectivity index (χ1v) is 14.6. The largest absolute Gasteiger partial charge is 0.369 e. The standard InChI is InChI=1S/C23H41N3Si/c1-3-4-5-8-19-27(2,22-14-13-20-11-6-7-12-21(20)22)26-18-10-17-25-16-9-15-24-23(25)26/h3,20-22H,1,4-19H2,2H3. The third-order valence-electron chi connectivity index (χ3n) is 8.26. The topological polar surface area (TPSA) is 18.8 Å². The van der Waals surface area contributed by atoms with Crippen molar-refractivity contribution < 1.29 is 0 Å². The predicted molar refractivity (Wildman–Crippen MR) is 119 cm³/mol. The Balaban J connectivity index is 1.59. The van der Waals surface area contributed by atoms with Crippen molar-refractivity contribution in [2.45, 2.75) is 88.8 Å². The zero-order valence-corrected chi connectivity index (χ0v) is 18.7. The first-order valence-electron chi connectivity index (χ1n) is 11.9. The van der Waals surface area contributed by atoms with E-state index < -0.39 is 8.24 Å². The van der Waals surface area contributed by atoms with E-state index in [1.165, 1.54) is 102 Å². The van der Waals surface area contributed by atoms with Gasteiger partial charge >= 0.3 is 0 Å². The number of fused-ring (bicyclic) bond motifs is 2. The Hall–Kier alpha value is -0.773. The van der Waals surface area contributed by atoms with Crippen LogP contribution in [0.25, 0.3) is 0 Å². The van der Waals surface area contributed by atoms with Crippen LogP contribution < -0.4 is 0 Å². The van der Waals surface area contributed by atoms with Gasteiger partial charge < -0.3 is 9.47 Å². The van der Waals surface area contributed by atoms with Gasteiger partial charge in [0.15, 0.2) is 14.2 Å². The van der Waals surface area contributed by atoms with Crippen molar-refractivity contribution in [1.82, 2.24) is 9.47 Å². The number of hydrogen-bond donors (Lipinski definition) is 0. The highest BCUT2D eigenvalue weighted by Crippen LogP contribution is 2.55. The van der Waals surface area contributed by atoms with Crippen LogP contribution >= 0.6 is 0 Å². The average Bonchev–Trinajstić information content (AvgIpc) is 3.15. The molecule has 4 unspecified atom stereocenters. The maximum absolute atomic E-state index is 5.11. The molecule has 0 spiro atoms. The van der Waals surface area contributed by atoms with Gasteiger partial charge in [0.2, 0.25) is 0 Å². The van der Waals surface area contributed by atoms with Crippen LogP contribution in [0.3, 0.4) is 0 Å². The van der Waals surface area contributed by atoms with E-state index in [9.17, 15) is 0 Å². The quantitative estimate of drug-likeness (QED) is 0.319. The maximum atomic E-state index is 5.11. The minimum Gasteiger partial charge on any atom is -0.369 e. The van der Waals surface area contributed by atoms with Crippen LogP contribution in [0.4, 0.5) is 0 Å². The molecule has 1 saturated heterocycles. The van der Waals surface area contributed by atoms with E-state index in [1.54, 1.807) is 0 Å². The van der Waals surface area contributed by atoms with Crippen LogP contribution in [0.15, 0.2) is 17.6 Å². The summed E-state index contributed by atoms with van der Waals surface area (Å²) in [6.07, 6.45) is 17.7. The minimum atomic E-state index is -1.56. The smallest absolute Gasteiger partial charge is 0.188 e. The molecule has 0 aromatic rings. The second-order valence-electron chi connectivity index (χ2n) is 9.81. The van der Waals surface area contributed by atoms with Gasteiger partial charge in [-0.3, -0.25) is 4.99 Å². The lowest BCUT2D eigenvalue weighted by atomic mass is 9.82. The summed E-state index contributed by atoms with van der Waals surface area (Å²) in [6, 6.07) is 1.47. The number of guanidine groups is 1. The summed E-state index contributed by atoms with van der Waals surface area (Å²) >= 11 is 0. The monoisotopic (exact) mass is 387 g/mol. The lowest BCUT2D eigenvalue weighted by Crippen LogP contribution is -2.65. The predicted octanol–water partition coefficient (Wildman–Crippen LogP) is 5.66. The van der Waals surface area contributed by atoms with Gasteiger partial charge in [-0.25, -0.2) is 0 Å². The Kier molecular flexibility index (Phi) is 6.30. The summed E-state index contributed by atoms with van der Waals surface area (Å²) in [5, 5.41) is 0. The molecule has 4 rings (SSSR count). The zero-order chi connectivity index (χ0) is 18.7. The number of hydrogen-bond acceptors (Lipinski definition) is 3. The van der Waals surface area contributed by atoms with Crippen molar-refractivity contribution in [3.05, 3.63) is 12.7 Å². The van der Waals surface area contributed by atoms with Crippen molar-refractivity contribution in [3.63, 3.8) is 0 Å². The minimum absolute atomic E-state index is 1.01. The van der Waals surface area contributed by atoms with Crippen molar-refractivity contribution in [1.29, 1.82) is 0 Å². The van der Waals surface area contributed by atoms with Crippen molar-refractivity contribution >= 4 is 14.2 Å². The molecule has 0 amide bonds. The van der Waals surface area contributed by atoms with Gasteiger partial charge in [-0.05, 0) is 42.7 Å². The van der Waals surface area contributed by atoms with E-state index in [1.807, 2.05) is 0 Å². The van der Waals surface area contributed by atoms with Gasteiger partial charge in [-0.15, -0.1) is 6.58 Å². The van der Waals surface area contributed by atoms with E-state index in [0.717, 1.165) is 23.9 Å². The first kappa shape index (κ1) is 19.5. The highest BCUT2D eigenvalue weighted by molar-refractivity contribution is 6.79. The fraction of sp³-hybridized carbons (Fsp3) is 0.870. The molecular weight excluding hydrogens is 346 g/mol. The van der Waals surface area contributed by atoms with Crippen LogP contribution in [-0.2, 0) is 0 Å². The Morgan fingerprint density at radius 3 is 2.78 bits per heavy atom. The Labute approximate surface area is 168 Å². The zero-order valence-electron chi connectivity index (χ0n) is 17.7. The maximum Gasteiger partial charge on any atom is 0.188 e. The van der Waals surface area contributed by atoms with E-state index in [0.29, 0.717) is 0 Å². The van der Waals surface area contributed by atoms with Crippen LogP contribution in [0.1, 0.15) is 70.6 Å². The summed E-state index contributed by atoms with van der Waals surface area (Å²) in [6.45, 7) is 11.5. The Morgan fingerprint density at radius 2 is 1.89 bits per heavy atom. The van der Waals surface area contributed by atoms with Crippen LogP contribution in [0.5, 0.6) is 0 Å². The summed E-state index contributed by atoms with van der Waals surface area (Å²) in [5.74, 6) is 3.51. The number of aliphatic imine (C=N–C) groups is 1. The molecule has 3 nitrogen and oxygen atoms in total. The molecule has 2 aliphatic heterocycles. The van der Waals surface area contributed by atoms with Crippen molar-refractivity contribution in [2.75, 3.05) is 26.2 Å². The summed E-state index contributed by atoms with van der Waals surface area (Å²) in [5.41, 5.74) is 1.01. The molecule has 0 radical (unpaired) electrons. The molecule has 4 aliphatic rings. The molecule has 0 bridgehead atoms. The average molecular weight is 388 g/mol. The molecule has 4 heteroatoms. The normalized spacial score (nSPS) is 33.1. The summed E-state index contributed by atoms with van der Waals surface area (Å²) in [4.78, 5) is 7.74. The van der Waals surface area contributed by atoms with Crippen molar-refractivity contribution in [2.24, 2.45) is 16.8 Å². The van der Waals surface area contributed by atoms with Gasteiger partial charge in [0.1, 0.15) is 0 Å². The number of allylic oxidation sites excluding steroid dienone is 1. The van der Waals surface area contributed by atoms with Gasteiger partial charge in [0.05, 0.1) is 0 Å². The number of unbranched alkanes of at least 4 members (excludes halogenated alkanes) is 2. The van der Waals surface area contributed by atoms with E-state index in [2.05, 4.69) is 28.7 Å². The van der Waals surface area contributed by atoms with Crippen molar-refractivity contribution in [3.8, 4) is 0 Å². The molecule has 3 fully saturated rings. The van der Waals surface area contributed by atoms with E-state index >= 15 is 0 Å². The second kappa shape index (κ2) is 8.71. The molecule has 0 aromatic carbocycles. The molecule has 2 aliphatic carbocycles. The molecule has 2 heterocycles. The molecule has 0 aromatic heterocycles. The van der Waals surface area contributed by atoms with Gasteiger partial charge in [-0.1, -0.05) is 64.0 Å². The highest BCUT2D eigenvalue weighted by Gasteiger charge is 2.52. The lowest BCUT2D eigenvalue weighted by molar-refractivity contribution is 0.262. The first-order chi connectivity index (χ1) is 13.2. The van der Waals surface area contributed by atoms with Gasteiger partial charge in [-0.2, -0.15) is 0 Å². The number of rotatable bonds is 7. The summed E-state index contributed by atoms with van der Waals surface area (Å²) in [7, 11) is -1.56. The highest BCUT2D eigenvalue weighted by atomic mass is 28.3. The molecule has 152 valence electrons. The fourth-order valence-corrected chi connectivity index (χ4v) is 12.4. The second-order valence-corrected chi connectivity index (χ2v) is 14.3. The summed E-state index contributed by atoms with van der Waals surface area (Å²) < 4.78 is 2.95. The molecule has 0 N–H and O–H groups in total. The van der Waals surface area contributed by atoms with Gasteiger partial charge in [0.25, 0.3) is 0 Å². The Bertz CT molecular complexity index is 548. The fourth-order valence-electron chi connectivity index (χ4n) is 6.91. The third kappa shape index (κ3) is 3.88. The van der Waals surface area contributed by atoms with E-state index in [4.69, 9.17) is 4.99 Å². The molecule has 27 heavy (non-hydrogen) atoms. The van der Waals surface area contributed by atoms with Crippen LogP contribution in [0.2, 0.25) is 18.1 Å². The lowest BCUT2D eigenvalue weighted by Gasteiger charge is -2.53. The SMILES string of the molecule is C=CCCCC[Si](C)(C1CCC2CCCCC21)N1CCCN2CCCN=C21. The van der Waals surface area contributed by atoms with Gasteiger partial charge in [0, 0.05) is 26.2 Å².